The summed E-state index contributed by atoms with van der Waals surface area (Å²) in [6.45, 7) is 0.539. The van der Waals surface area contributed by atoms with Crippen LogP contribution >= 0.6 is 50.5 Å². The minimum Gasteiger partial charge on any atom is -0.284 e. The number of nitrogens with zero attached hydrogens (tertiary/aromatic N) is 1. The van der Waals surface area contributed by atoms with Gasteiger partial charge in [0.15, 0.2) is 0 Å². The fraction of sp³-hybridized carbons (Fsp3) is 0.105. The maximum Gasteiger partial charge on any atom is 0.265 e. The first-order chi connectivity index (χ1) is 13.8. The van der Waals surface area contributed by atoms with Crippen LogP contribution in [0.3, 0.4) is 0 Å². The molecule has 1 N–H and O–H groups in total. The Balaban J connectivity index is 1.70. The van der Waals surface area contributed by atoms with Crippen LogP contribution in [0.15, 0.2) is 56.8 Å². The summed E-state index contributed by atoms with van der Waals surface area (Å²) in [5.74, 6) is -0.289. The summed E-state index contributed by atoms with van der Waals surface area (Å²) >= 11 is 16.2. The Morgan fingerprint density at radius 1 is 1.14 bits per heavy atom. The minimum absolute atomic E-state index is 0.0677. The Hall–Kier alpha value is -1.45. The maximum absolute atomic E-state index is 13.6. The van der Waals surface area contributed by atoms with Crippen molar-refractivity contribution in [1.29, 1.82) is 0 Å². The smallest absolute Gasteiger partial charge is 0.265 e. The molecule has 0 radical (unpaired) electrons. The van der Waals surface area contributed by atoms with Crippen molar-refractivity contribution in [3.63, 3.8) is 0 Å². The average Bonchev–Trinajstić information content (AvgIpc) is 2.93. The Morgan fingerprint density at radius 2 is 1.93 bits per heavy atom. The highest BCUT2D eigenvalue weighted by Gasteiger charge is 2.26. The summed E-state index contributed by atoms with van der Waals surface area (Å²) < 4.78 is 42.3. The molecule has 0 fully saturated rings. The van der Waals surface area contributed by atoms with E-state index in [9.17, 15) is 12.8 Å². The van der Waals surface area contributed by atoms with Crippen molar-refractivity contribution < 1.29 is 12.8 Å². The van der Waals surface area contributed by atoms with E-state index in [1.54, 1.807) is 24.3 Å². The summed E-state index contributed by atoms with van der Waals surface area (Å²) in [5, 5.41) is 0. The van der Waals surface area contributed by atoms with Gasteiger partial charge in [0.2, 0.25) is 0 Å². The third-order valence-electron chi connectivity index (χ3n) is 4.36. The predicted octanol–water partition coefficient (Wildman–Crippen LogP) is 6.15. The van der Waals surface area contributed by atoms with Gasteiger partial charge in [-0.2, -0.15) is 0 Å². The van der Waals surface area contributed by atoms with E-state index in [2.05, 4.69) is 25.6 Å². The van der Waals surface area contributed by atoms with E-state index in [4.69, 9.17) is 23.2 Å². The quantitative estimate of drug-likeness (QED) is 0.437. The fourth-order valence-electron chi connectivity index (χ4n) is 3.13. The Kier molecular flexibility index (Phi) is 5.74. The van der Waals surface area contributed by atoms with Gasteiger partial charge in [0, 0.05) is 23.4 Å². The van der Waals surface area contributed by atoms with Gasteiger partial charge in [-0.15, -0.1) is 11.3 Å². The number of benzene rings is 2. The lowest BCUT2D eigenvalue weighted by atomic mass is 9.93. The van der Waals surface area contributed by atoms with E-state index in [1.807, 2.05) is 6.07 Å². The lowest BCUT2D eigenvalue weighted by Gasteiger charge is -2.18. The van der Waals surface area contributed by atoms with Gasteiger partial charge >= 0.3 is 0 Å². The molecule has 29 heavy (non-hydrogen) atoms. The Labute approximate surface area is 189 Å². The highest BCUT2D eigenvalue weighted by Crippen LogP contribution is 2.43. The number of hydrogen-bond donors (Lipinski definition) is 1. The lowest BCUT2D eigenvalue weighted by molar-refractivity contribution is 0.601. The molecule has 2 heterocycles. The van der Waals surface area contributed by atoms with Crippen molar-refractivity contribution in [2.45, 2.75) is 11.3 Å². The van der Waals surface area contributed by atoms with Crippen LogP contribution in [0.1, 0.15) is 16.7 Å². The second-order valence-corrected chi connectivity index (χ2v) is 10.9. The summed E-state index contributed by atoms with van der Waals surface area (Å²) in [5.41, 5.74) is 3.50. The molecule has 0 saturated carbocycles. The van der Waals surface area contributed by atoms with Gasteiger partial charge in [-0.1, -0.05) is 35.3 Å². The Morgan fingerprint density at radius 3 is 2.66 bits per heavy atom. The molecule has 0 atom stereocenters. The standard InChI is InChI=1S/C19H12BrCl2FN2O2S2/c20-15-17(19(22)28-18(15)21)29(26,27)25-13-3-1-2-11(9-13)16-14-5-4-12(23)8-10(14)6-7-24-16/h1-5,8-9,25H,6-7H2. The minimum atomic E-state index is -3.96. The van der Waals surface area contributed by atoms with Crippen LogP contribution in [0.2, 0.25) is 8.67 Å². The largest absolute Gasteiger partial charge is 0.284 e. The highest BCUT2D eigenvalue weighted by atomic mass is 79.9. The van der Waals surface area contributed by atoms with Crippen molar-refractivity contribution >= 4 is 71.9 Å². The molecule has 4 nitrogen and oxygen atoms in total. The number of rotatable bonds is 4. The van der Waals surface area contributed by atoms with Gasteiger partial charge in [0.25, 0.3) is 10.0 Å². The van der Waals surface area contributed by atoms with E-state index in [0.717, 1.165) is 28.0 Å². The number of halogens is 4. The zero-order chi connectivity index (χ0) is 20.8. The van der Waals surface area contributed by atoms with Gasteiger partial charge in [0.05, 0.1) is 10.2 Å². The molecule has 4 rings (SSSR count). The predicted molar refractivity (Wildman–Crippen MR) is 120 cm³/mol. The van der Waals surface area contributed by atoms with Crippen molar-refractivity contribution in [2.24, 2.45) is 4.99 Å². The van der Waals surface area contributed by atoms with Crippen LogP contribution in [-0.4, -0.2) is 20.7 Å². The average molecular weight is 534 g/mol. The highest BCUT2D eigenvalue weighted by molar-refractivity contribution is 9.10. The van der Waals surface area contributed by atoms with Crippen molar-refractivity contribution in [2.75, 3.05) is 11.3 Å². The summed E-state index contributed by atoms with van der Waals surface area (Å²) in [7, 11) is -3.96. The number of aliphatic imine (C=N–C) groups is 1. The SMILES string of the molecule is O=S(=O)(Nc1cccc(C2=NCCc3cc(F)ccc32)c1)c1c(Cl)sc(Cl)c1Br. The normalized spacial score (nSPS) is 13.7. The number of nitrogens with one attached hydrogen (secondary N) is 1. The molecular weight excluding hydrogens is 522 g/mol. The number of sulfonamides is 1. The van der Waals surface area contributed by atoms with Crippen LogP contribution < -0.4 is 4.72 Å². The zero-order valence-corrected chi connectivity index (χ0v) is 19.3. The summed E-state index contributed by atoms with van der Waals surface area (Å²) in [6, 6.07) is 11.5. The second-order valence-electron chi connectivity index (χ2n) is 6.26. The van der Waals surface area contributed by atoms with Gasteiger partial charge in [-0.25, -0.2) is 12.8 Å². The molecule has 3 aromatic rings. The first-order valence-electron chi connectivity index (χ1n) is 8.36. The van der Waals surface area contributed by atoms with Crippen LogP contribution in [0, 0.1) is 5.82 Å². The van der Waals surface area contributed by atoms with E-state index >= 15 is 0 Å². The van der Waals surface area contributed by atoms with E-state index < -0.39 is 10.0 Å². The molecule has 150 valence electrons. The van der Waals surface area contributed by atoms with Crippen LogP contribution in [0.25, 0.3) is 0 Å². The molecule has 0 unspecified atom stereocenters. The monoisotopic (exact) mass is 532 g/mol. The molecule has 0 amide bonds. The van der Waals surface area contributed by atoms with Crippen LogP contribution in [-0.2, 0) is 16.4 Å². The number of anilines is 1. The van der Waals surface area contributed by atoms with Gasteiger partial charge in [-0.05, 0) is 58.2 Å². The van der Waals surface area contributed by atoms with Gasteiger partial charge in [0.1, 0.15) is 19.4 Å². The Bertz CT molecular complexity index is 1260. The molecule has 2 aromatic carbocycles. The molecule has 1 aliphatic rings. The second kappa shape index (κ2) is 8.00. The molecule has 0 spiro atoms. The molecule has 1 aromatic heterocycles. The van der Waals surface area contributed by atoms with Gasteiger partial charge < -0.3 is 0 Å². The molecule has 10 heteroatoms. The number of hydrogen-bond acceptors (Lipinski definition) is 4. The molecule has 0 bridgehead atoms. The topological polar surface area (TPSA) is 58.5 Å². The third kappa shape index (κ3) is 4.09. The van der Waals surface area contributed by atoms with Crippen LogP contribution in [0.4, 0.5) is 10.1 Å². The van der Waals surface area contributed by atoms with E-state index in [1.165, 1.54) is 12.1 Å². The van der Waals surface area contributed by atoms with E-state index in [-0.39, 0.29) is 23.9 Å². The molecule has 1 aliphatic heterocycles. The maximum atomic E-state index is 13.6. The third-order valence-corrected chi connectivity index (χ3v) is 9.21. The first kappa shape index (κ1) is 20.8. The van der Waals surface area contributed by atoms with Crippen LogP contribution in [0.5, 0.6) is 0 Å². The summed E-state index contributed by atoms with van der Waals surface area (Å²) in [4.78, 5) is 4.47. The molecular formula is C19H12BrCl2FN2O2S2. The first-order valence-corrected chi connectivity index (χ1v) is 12.2. The number of fused-ring (bicyclic) bond motifs is 1. The number of thiophene rings is 1. The zero-order valence-electron chi connectivity index (χ0n) is 14.5. The van der Waals surface area contributed by atoms with E-state index in [0.29, 0.717) is 24.4 Å². The van der Waals surface area contributed by atoms with Crippen molar-refractivity contribution in [1.82, 2.24) is 0 Å². The van der Waals surface area contributed by atoms with Gasteiger partial charge in [-0.3, -0.25) is 9.71 Å². The molecule has 0 aliphatic carbocycles. The van der Waals surface area contributed by atoms with Crippen molar-refractivity contribution in [3.8, 4) is 0 Å². The molecule has 0 saturated heterocycles. The van der Waals surface area contributed by atoms with Crippen molar-refractivity contribution in [3.05, 3.63) is 78.1 Å². The lowest BCUT2D eigenvalue weighted by Crippen LogP contribution is -2.16. The fourth-order valence-corrected chi connectivity index (χ4v) is 7.73. The summed E-state index contributed by atoms with van der Waals surface area (Å²) in [6.07, 6.45) is 0.661.